The first-order chi connectivity index (χ1) is 11.9. The van der Waals surface area contributed by atoms with Gasteiger partial charge in [0.25, 0.3) is 0 Å². The molecule has 4 atom stereocenters. The number of rotatable bonds is 7. The molecule has 1 N–H and O–H groups in total. The summed E-state index contributed by atoms with van der Waals surface area (Å²) < 4.78 is 0. The molecule has 0 saturated heterocycles. The number of nitrogens with one attached hydrogen (secondary N) is 1. The van der Waals surface area contributed by atoms with Crippen molar-refractivity contribution in [2.24, 2.45) is 23.2 Å². The fourth-order valence-corrected chi connectivity index (χ4v) is 4.51. The van der Waals surface area contributed by atoms with E-state index in [2.05, 4.69) is 57.3 Å². The van der Waals surface area contributed by atoms with E-state index < -0.39 is 0 Å². The average molecular weight is 340 g/mol. The SMILES string of the molecule is CC[C@H](C)C(C)(C)[C@@H]1C[C@H]1CNC1=CC(=O)CC(c2ccccc2)C1. The van der Waals surface area contributed by atoms with Crippen LogP contribution in [0.5, 0.6) is 0 Å². The molecule has 1 fully saturated rings. The normalized spacial score (nSPS) is 27.6. The Hall–Kier alpha value is -1.57. The molecule has 25 heavy (non-hydrogen) atoms. The van der Waals surface area contributed by atoms with Crippen LogP contribution in [-0.4, -0.2) is 12.3 Å². The maximum atomic E-state index is 12.2. The molecule has 0 aromatic heterocycles. The lowest BCUT2D eigenvalue weighted by molar-refractivity contribution is -0.115. The molecule has 2 heteroatoms. The van der Waals surface area contributed by atoms with Gasteiger partial charge < -0.3 is 5.32 Å². The molecule has 136 valence electrons. The third-order valence-electron chi connectivity index (χ3n) is 6.87. The molecule has 0 spiro atoms. The van der Waals surface area contributed by atoms with Crippen molar-refractivity contribution in [2.45, 2.75) is 59.3 Å². The molecule has 1 aromatic rings. The maximum absolute atomic E-state index is 12.2. The van der Waals surface area contributed by atoms with E-state index in [4.69, 9.17) is 0 Å². The smallest absolute Gasteiger partial charge is 0.158 e. The molecule has 0 bridgehead atoms. The summed E-state index contributed by atoms with van der Waals surface area (Å²) in [5.41, 5.74) is 2.84. The van der Waals surface area contributed by atoms with Crippen molar-refractivity contribution >= 4 is 5.78 Å². The fourth-order valence-electron chi connectivity index (χ4n) is 4.51. The summed E-state index contributed by atoms with van der Waals surface area (Å²) in [5.74, 6) is 2.93. The van der Waals surface area contributed by atoms with E-state index in [1.807, 2.05) is 12.1 Å². The molecule has 2 aliphatic carbocycles. The summed E-state index contributed by atoms with van der Waals surface area (Å²) in [4.78, 5) is 12.2. The Morgan fingerprint density at radius 1 is 1.20 bits per heavy atom. The molecule has 0 radical (unpaired) electrons. The van der Waals surface area contributed by atoms with Crippen LogP contribution in [0.15, 0.2) is 42.1 Å². The van der Waals surface area contributed by atoms with Gasteiger partial charge in [0, 0.05) is 24.7 Å². The number of ketones is 1. The van der Waals surface area contributed by atoms with Gasteiger partial charge in [-0.1, -0.05) is 64.4 Å². The van der Waals surface area contributed by atoms with Gasteiger partial charge in [-0.2, -0.15) is 0 Å². The molecule has 2 aliphatic rings. The van der Waals surface area contributed by atoms with E-state index in [1.165, 1.54) is 18.4 Å². The standard InChI is InChI=1S/C23H33NO/c1-5-16(2)23(3,4)22-13-19(22)15-24-20-11-18(12-21(25)14-20)17-9-7-6-8-10-17/h6-10,14,16,18-19,22,24H,5,11-13,15H2,1-4H3/t16-,18?,19-,22+/m0/s1. The number of carbonyl (C=O) groups excluding carboxylic acids is 1. The molecule has 1 unspecified atom stereocenters. The van der Waals surface area contributed by atoms with Gasteiger partial charge in [0.05, 0.1) is 0 Å². The van der Waals surface area contributed by atoms with Gasteiger partial charge in [-0.15, -0.1) is 0 Å². The molecular formula is C23H33NO. The van der Waals surface area contributed by atoms with E-state index in [9.17, 15) is 4.79 Å². The number of hydrogen-bond acceptors (Lipinski definition) is 2. The van der Waals surface area contributed by atoms with E-state index in [1.54, 1.807) is 0 Å². The zero-order valence-electron chi connectivity index (χ0n) is 16.2. The summed E-state index contributed by atoms with van der Waals surface area (Å²) in [5, 5.41) is 3.61. The third-order valence-corrected chi connectivity index (χ3v) is 6.87. The highest BCUT2D eigenvalue weighted by Gasteiger charge is 2.48. The van der Waals surface area contributed by atoms with Gasteiger partial charge in [0.15, 0.2) is 5.78 Å². The van der Waals surface area contributed by atoms with Crippen molar-refractivity contribution in [3.8, 4) is 0 Å². The van der Waals surface area contributed by atoms with Crippen LogP contribution in [0.3, 0.4) is 0 Å². The van der Waals surface area contributed by atoms with E-state index in [-0.39, 0.29) is 5.78 Å². The van der Waals surface area contributed by atoms with E-state index in [0.29, 0.717) is 17.8 Å². The van der Waals surface area contributed by atoms with Gasteiger partial charge in [-0.05, 0) is 47.5 Å². The van der Waals surface area contributed by atoms with Crippen molar-refractivity contribution in [1.29, 1.82) is 0 Å². The van der Waals surface area contributed by atoms with Gasteiger partial charge in [-0.3, -0.25) is 4.79 Å². The minimum atomic E-state index is 0.259. The first-order valence-corrected chi connectivity index (χ1v) is 9.94. The Labute approximate surface area is 153 Å². The number of allylic oxidation sites excluding steroid dienone is 2. The van der Waals surface area contributed by atoms with Crippen LogP contribution < -0.4 is 5.32 Å². The highest BCUT2D eigenvalue weighted by Crippen LogP contribution is 2.54. The summed E-state index contributed by atoms with van der Waals surface area (Å²) in [6.07, 6.45) is 6.02. The minimum Gasteiger partial charge on any atom is -0.388 e. The van der Waals surface area contributed by atoms with Gasteiger partial charge in [0.1, 0.15) is 0 Å². The Kier molecular flexibility index (Phi) is 5.36. The lowest BCUT2D eigenvalue weighted by Crippen LogP contribution is -2.28. The molecule has 3 rings (SSSR count). The first kappa shape index (κ1) is 18.2. The van der Waals surface area contributed by atoms with Crippen LogP contribution in [0.2, 0.25) is 0 Å². The van der Waals surface area contributed by atoms with Crippen molar-refractivity contribution < 1.29 is 4.79 Å². The lowest BCUT2D eigenvalue weighted by atomic mass is 9.74. The predicted octanol–water partition coefficient (Wildman–Crippen LogP) is 5.32. The predicted molar refractivity (Wildman–Crippen MR) is 104 cm³/mol. The quantitative estimate of drug-likeness (QED) is 0.729. The van der Waals surface area contributed by atoms with Crippen molar-refractivity contribution in [3.05, 3.63) is 47.7 Å². The highest BCUT2D eigenvalue weighted by molar-refractivity contribution is 5.91. The van der Waals surface area contributed by atoms with Crippen LogP contribution in [0.25, 0.3) is 0 Å². The molecule has 0 amide bonds. The Morgan fingerprint density at radius 3 is 2.60 bits per heavy atom. The topological polar surface area (TPSA) is 29.1 Å². The summed E-state index contributed by atoms with van der Waals surface area (Å²) in [6.45, 7) is 10.6. The summed E-state index contributed by atoms with van der Waals surface area (Å²) in [7, 11) is 0. The summed E-state index contributed by atoms with van der Waals surface area (Å²) in [6, 6.07) is 10.5. The lowest BCUT2D eigenvalue weighted by Gasteiger charge is -2.32. The van der Waals surface area contributed by atoms with E-state index >= 15 is 0 Å². The molecule has 1 aromatic carbocycles. The number of hydrogen-bond donors (Lipinski definition) is 1. The molecular weight excluding hydrogens is 306 g/mol. The zero-order chi connectivity index (χ0) is 18.0. The van der Waals surface area contributed by atoms with Crippen LogP contribution in [0.1, 0.15) is 64.9 Å². The van der Waals surface area contributed by atoms with Crippen LogP contribution in [0.4, 0.5) is 0 Å². The first-order valence-electron chi connectivity index (χ1n) is 9.94. The third kappa shape index (κ3) is 4.16. The second-order valence-corrected chi connectivity index (χ2v) is 8.77. The Bertz CT molecular complexity index is 631. The molecule has 0 aliphatic heterocycles. The van der Waals surface area contributed by atoms with Gasteiger partial charge in [0.2, 0.25) is 0 Å². The second-order valence-electron chi connectivity index (χ2n) is 8.77. The Balaban J connectivity index is 1.55. The van der Waals surface area contributed by atoms with Gasteiger partial charge >= 0.3 is 0 Å². The average Bonchev–Trinajstić information content (AvgIpc) is 3.40. The number of carbonyl (C=O) groups is 1. The maximum Gasteiger partial charge on any atom is 0.158 e. The minimum absolute atomic E-state index is 0.259. The number of benzene rings is 1. The zero-order valence-corrected chi connectivity index (χ0v) is 16.2. The Morgan fingerprint density at radius 2 is 1.92 bits per heavy atom. The van der Waals surface area contributed by atoms with Crippen molar-refractivity contribution in [3.63, 3.8) is 0 Å². The van der Waals surface area contributed by atoms with E-state index in [0.717, 1.165) is 36.4 Å². The van der Waals surface area contributed by atoms with Crippen molar-refractivity contribution in [1.82, 2.24) is 5.32 Å². The fraction of sp³-hybridized carbons (Fsp3) is 0.609. The monoisotopic (exact) mass is 339 g/mol. The molecule has 2 nitrogen and oxygen atoms in total. The molecule has 0 heterocycles. The van der Waals surface area contributed by atoms with Crippen LogP contribution in [0, 0.1) is 23.2 Å². The van der Waals surface area contributed by atoms with Crippen LogP contribution in [-0.2, 0) is 4.79 Å². The highest BCUT2D eigenvalue weighted by atomic mass is 16.1. The molecule has 1 saturated carbocycles. The van der Waals surface area contributed by atoms with Crippen molar-refractivity contribution in [2.75, 3.05) is 6.54 Å². The largest absolute Gasteiger partial charge is 0.388 e. The van der Waals surface area contributed by atoms with Gasteiger partial charge in [-0.25, -0.2) is 0 Å². The second kappa shape index (κ2) is 7.35. The van der Waals surface area contributed by atoms with Crippen LogP contribution >= 0.6 is 0 Å². The summed E-state index contributed by atoms with van der Waals surface area (Å²) >= 11 is 0.